The predicted molar refractivity (Wildman–Crippen MR) is 125 cm³/mol. The maximum atomic E-state index is 13.7. The Morgan fingerprint density at radius 1 is 1.03 bits per heavy atom. The van der Waals surface area contributed by atoms with Gasteiger partial charge in [0.1, 0.15) is 4.90 Å². The summed E-state index contributed by atoms with van der Waals surface area (Å²) in [7, 11) is -3.75. The quantitative estimate of drug-likeness (QED) is 0.608. The lowest BCUT2D eigenvalue weighted by Gasteiger charge is -2.36. The number of hydrogen-bond donors (Lipinski definition) is 0. The van der Waals surface area contributed by atoms with Crippen LogP contribution in [0.1, 0.15) is 18.4 Å². The summed E-state index contributed by atoms with van der Waals surface area (Å²) in [5, 5.41) is 0.665. The molecule has 3 aliphatic rings. The van der Waals surface area contributed by atoms with Crippen LogP contribution in [-0.2, 0) is 21.2 Å². The second-order valence-corrected chi connectivity index (χ2v) is 11.5. The third kappa shape index (κ3) is 3.88. The highest BCUT2D eigenvalue weighted by molar-refractivity contribution is 9.10. The standard InChI is InChI=1S/C22H23BrClN3O3S/c23-17-13-16-7-8-27(22(28)15-5-6-15)21(16)20(14-17)31(29,30)26-11-9-25(10-12-26)19-4-2-1-3-18(19)24/h1-4,13-15H,5-12H2. The normalized spacial score (nSPS) is 19.5. The van der Waals surface area contributed by atoms with E-state index in [9.17, 15) is 13.2 Å². The first kappa shape index (κ1) is 21.2. The van der Waals surface area contributed by atoms with Gasteiger partial charge in [0.2, 0.25) is 15.9 Å². The molecule has 0 N–H and O–H groups in total. The van der Waals surface area contributed by atoms with Crippen molar-refractivity contribution in [1.82, 2.24) is 4.31 Å². The zero-order chi connectivity index (χ0) is 21.8. The Balaban J connectivity index is 1.43. The number of amides is 1. The second kappa shape index (κ2) is 8.06. The minimum Gasteiger partial charge on any atom is -0.368 e. The van der Waals surface area contributed by atoms with Crippen LogP contribution in [0.15, 0.2) is 45.8 Å². The molecule has 0 unspecified atom stereocenters. The van der Waals surface area contributed by atoms with Crippen LogP contribution >= 0.6 is 27.5 Å². The number of carbonyl (C=O) groups excluding carboxylic acids is 1. The summed E-state index contributed by atoms with van der Waals surface area (Å²) in [5.41, 5.74) is 2.41. The highest BCUT2D eigenvalue weighted by Crippen LogP contribution is 2.42. The van der Waals surface area contributed by atoms with E-state index in [1.54, 1.807) is 11.0 Å². The van der Waals surface area contributed by atoms with E-state index in [0.717, 1.165) is 28.6 Å². The molecule has 1 aliphatic carbocycles. The number of rotatable bonds is 4. The van der Waals surface area contributed by atoms with Gasteiger partial charge < -0.3 is 9.80 Å². The minimum atomic E-state index is -3.75. The molecule has 2 fully saturated rings. The van der Waals surface area contributed by atoms with Crippen molar-refractivity contribution in [2.75, 3.05) is 42.5 Å². The van der Waals surface area contributed by atoms with Gasteiger partial charge in [-0.05, 0) is 49.1 Å². The first-order valence-electron chi connectivity index (χ1n) is 10.5. The molecule has 164 valence electrons. The van der Waals surface area contributed by atoms with Gasteiger partial charge in [-0.3, -0.25) is 4.79 Å². The number of nitrogens with zero attached hydrogens (tertiary/aromatic N) is 3. The van der Waals surface area contributed by atoms with Gasteiger partial charge in [0.25, 0.3) is 0 Å². The largest absolute Gasteiger partial charge is 0.368 e. The molecule has 1 saturated heterocycles. The molecule has 0 spiro atoms. The van der Waals surface area contributed by atoms with Crippen molar-refractivity contribution < 1.29 is 13.2 Å². The minimum absolute atomic E-state index is 0.0457. The van der Waals surface area contributed by atoms with E-state index in [1.807, 2.05) is 30.3 Å². The third-order valence-corrected chi connectivity index (χ3v) is 8.92. The van der Waals surface area contributed by atoms with E-state index >= 15 is 0 Å². The number of carbonyl (C=O) groups is 1. The first-order chi connectivity index (χ1) is 14.9. The number of hydrogen-bond acceptors (Lipinski definition) is 4. The van der Waals surface area contributed by atoms with Gasteiger partial charge in [0.15, 0.2) is 0 Å². The summed E-state index contributed by atoms with van der Waals surface area (Å²) >= 11 is 9.79. The Bertz CT molecular complexity index is 1140. The summed E-state index contributed by atoms with van der Waals surface area (Å²) < 4.78 is 29.6. The van der Waals surface area contributed by atoms with Crippen LogP contribution in [0.5, 0.6) is 0 Å². The van der Waals surface area contributed by atoms with E-state index in [1.165, 1.54) is 4.31 Å². The number of fused-ring (bicyclic) bond motifs is 1. The SMILES string of the molecule is O=C(C1CC1)N1CCc2cc(Br)cc(S(=O)(=O)N3CCN(c4ccccc4Cl)CC3)c21. The van der Waals surface area contributed by atoms with E-state index in [-0.39, 0.29) is 16.7 Å². The van der Waals surface area contributed by atoms with Crippen LogP contribution in [0.2, 0.25) is 5.02 Å². The Labute approximate surface area is 195 Å². The smallest absolute Gasteiger partial charge is 0.245 e. The molecule has 6 nitrogen and oxygen atoms in total. The zero-order valence-electron chi connectivity index (χ0n) is 16.9. The third-order valence-electron chi connectivity index (χ3n) is 6.24. The number of anilines is 2. The van der Waals surface area contributed by atoms with Crippen LogP contribution in [0.4, 0.5) is 11.4 Å². The molecule has 9 heteroatoms. The average Bonchev–Trinajstić information content (AvgIpc) is 3.53. The van der Waals surface area contributed by atoms with Crippen LogP contribution in [0.25, 0.3) is 0 Å². The number of para-hydroxylation sites is 1. The number of sulfonamides is 1. The first-order valence-corrected chi connectivity index (χ1v) is 13.1. The highest BCUT2D eigenvalue weighted by Gasteiger charge is 2.41. The highest BCUT2D eigenvalue weighted by atomic mass is 79.9. The van der Waals surface area contributed by atoms with E-state index in [4.69, 9.17) is 11.6 Å². The molecular formula is C22H23BrClN3O3S. The molecule has 1 saturated carbocycles. The lowest BCUT2D eigenvalue weighted by Crippen LogP contribution is -2.49. The number of benzene rings is 2. The van der Waals surface area contributed by atoms with Crippen LogP contribution in [0.3, 0.4) is 0 Å². The van der Waals surface area contributed by atoms with Gasteiger partial charge in [-0.2, -0.15) is 4.31 Å². The van der Waals surface area contributed by atoms with Gasteiger partial charge in [-0.25, -0.2) is 8.42 Å². The summed E-state index contributed by atoms with van der Waals surface area (Å²) in [4.78, 5) is 16.9. The molecule has 5 rings (SSSR count). The molecule has 2 aromatic carbocycles. The van der Waals surface area contributed by atoms with Crippen molar-refractivity contribution in [3.05, 3.63) is 51.5 Å². The van der Waals surface area contributed by atoms with E-state index in [0.29, 0.717) is 49.9 Å². The molecule has 0 radical (unpaired) electrons. The predicted octanol–water partition coefficient (Wildman–Crippen LogP) is 3.91. The fraction of sp³-hybridized carbons (Fsp3) is 0.409. The Morgan fingerprint density at radius 2 is 1.74 bits per heavy atom. The van der Waals surface area contributed by atoms with Crippen molar-refractivity contribution in [2.24, 2.45) is 5.92 Å². The van der Waals surface area contributed by atoms with Gasteiger partial charge in [-0.15, -0.1) is 0 Å². The van der Waals surface area contributed by atoms with Gasteiger partial charge in [0.05, 0.1) is 16.4 Å². The van der Waals surface area contributed by atoms with Crippen molar-refractivity contribution in [1.29, 1.82) is 0 Å². The molecule has 0 aromatic heterocycles. The van der Waals surface area contributed by atoms with Crippen molar-refractivity contribution in [2.45, 2.75) is 24.2 Å². The van der Waals surface area contributed by atoms with E-state index in [2.05, 4.69) is 20.8 Å². The molecule has 2 aromatic rings. The number of piperazine rings is 1. The van der Waals surface area contributed by atoms with Crippen LogP contribution in [-0.4, -0.2) is 51.4 Å². The van der Waals surface area contributed by atoms with Gasteiger partial charge in [0, 0.05) is 43.1 Å². The fourth-order valence-corrected chi connectivity index (χ4v) is 7.05. The van der Waals surface area contributed by atoms with Gasteiger partial charge in [-0.1, -0.05) is 39.7 Å². The monoisotopic (exact) mass is 523 g/mol. The summed E-state index contributed by atoms with van der Waals surface area (Å²) in [6.07, 6.45) is 2.47. The number of halogens is 2. The molecule has 2 heterocycles. The van der Waals surface area contributed by atoms with Crippen molar-refractivity contribution in [3.63, 3.8) is 0 Å². The Hall–Kier alpha value is -1.61. The maximum Gasteiger partial charge on any atom is 0.245 e. The molecule has 31 heavy (non-hydrogen) atoms. The van der Waals surface area contributed by atoms with Crippen molar-refractivity contribution in [3.8, 4) is 0 Å². The van der Waals surface area contributed by atoms with Crippen LogP contribution < -0.4 is 9.80 Å². The Kier molecular flexibility index (Phi) is 5.53. The lowest BCUT2D eigenvalue weighted by molar-refractivity contribution is -0.119. The molecule has 1 amide bonds. The zero-order valence-corrected chi connectivity index (χ0v) is 20.1. The fourth-order valence-electron chi connectivity index (χ4n) is 4.45. The van der Waals surface area contributed by atoms with Crippen molar-refractivity contribution >= 4 is 54.8 Å². The lowest BCUT2D eigenvalue weighted by atomic mass is 10.2. The Morgan fingerprint density at radius 3 is 2.42 bits per heavy atom. The topological polar surface area (TPSA) is 60.9 Å². The van der Waals surface area contributed by atoms with E-state index < -0.39 is 10.0 Å². The summed E-state index contributed by atoms with van der Waals surface area (Å²) in [5.74, 6) is 0.102. The average molecular weight is 525 g/mol. The molecular weight excluding hydrogens is 502 g/mol. The molecule has 0 atom stereocenters. The molecule has 0 bridgehead atoms. The van der Waals surface area contributed by atoms with Gasteiger partial charge >= 0.3 is 0 Å². The molecule has 2 aliphatic heterocycles. The second-order valence-electron chi connectivity index (χ2n) is 8.27. The maximum absolute atomic E-state index is 13.7. The summed E-state index contributed by atoms with van der Waals surface area (Å²) in [6.45, 7) is 2.40. The summed E-state index contributed by atoms with van der Waals surface area (Å²) in [6, 6.07) is 11.2. The van der Waals surface area contributed by atoms with Crippen LogP contribution in [0, 0.1) is 5.92 Å².